The van der Waals surface area contributed by atoms with Gasteiger partial charge in [0.05, 0.1) is 0 Å². The van der Waals surface area contributed by atoms with Gasteiger partial charge in [-0.05, 0) is 37.6 Å². The van der Waals surface area contributed by atoms with E-state index in [0.717, 1.165) is 12.8 Å². The van der Waals surface area contributed by atoms with Gasteiger partial charge in [-0.3, -0.25) is 4.79 Å². The van der Waals surface area contributed by atoms with Gasteiger partial charge in [-0.15, -0.1) is 0 Å². The predicted molar refractivity (Wildman–Crippen MR) is 79.3 cm³/mol. The van der Waals surface area contributed by atoms with Crippen LogP contribution >= 0.6 is 11.6 Å². The summed E-state index contributed by atoms with van der Waals surface area (Å²) >= 11 is 5.90. The predicted octanol–water partition coefficient (Wildman–Crippen LogP) is 3.36. The lowest BCUT2D eigenvalue weighted by Gasteiger charge is -2.12. The van der Waals surface area contributed by atoms with Gasteiger partial charge in [0.15, 0.2) is 0 Å². The van der Waals surface area contributed by atoms with Crippen LogP contribution in [0.4, 0.5) is 0 Å². The van der Waals surface area contributed by atoms with E-state index in [1.165, 1.54) is 6.07 Å². The normalized spacial score (nSPS) is 12.3. The molecule has 1 N–H and O–H groups in total. The molecule has 1 aromatic heterocycles. The van der Waals surface area contributed by atoms with Crippen LogP contribution in [0.15, 0.2) is 33.5 Å². The molecular weight excluding hydrogens is 278 g/mol. The number of amides is 1. The van der Waals surface area contributed by atoms with Gasteiger partial charge in [0, 0.05) is 16.5 Å². The van der Waals surface area contributed by atoms with E-state index >= 15 is 0 Å². The van der Waals surface area contributed by atoms with Crippen molar-refractivity contribution in [3.05, 3.63) is 45.3 Å². The fourth-order valence-electron chi connectivity index (χ4n) is 2.06. The fraction of sp³-hybridized carbons (Fsp3) is 0.333. The molecule has 1 atom stereocenters. The molecule has 0 saturated heterocycles. The Morgan fingerprint density at radius 1 is 1.40 bits per heavy atom. The number of rotatable bonds is 4. The minimum atomic E-state index is -0.638. The van der Waals surface area contributed by atoms with Crippen LogP contribution in [0.1, 0.15) is 37.0 Å². The number of hydrogen-bond donors (Lipinski definition) is 1. The van der Waals surface area contributed by atoms with Crippen LogP contribution in [0.3, 0.4) is 0 Å². The number of hydrogen-bond acceptors (Lipinski definition) is 3. The summed E-state index contributed by atoms with van der Waals surface area (Å²) in [5.41, 5.74) is -0.221. The fourth-order valence-corrected chi connectivity index (χ4v) is 2.24. The Kier molecular flexibility index (Phi) is 4.45. The lowest BCUT2D eigenvalue weighted by atomic mass is 10.1. The van der Waals surface area contributed by atoms with Crippen molar-refractivity contribution in [2.75, 3.05) is 0 Å². The van der Waals surface area contributed by atoms with Crippen LogP contribution in [0.5, 0.6) is 0 Å². The zero-order chi connectivity index (χ0) is 14.7. The number of halogens is 1. The molecule has 0 spiro atoms. The number of benzene rings is 1. The first-order valence-electron chi connectivity index (χ1n) is 6.55. The first kappa shape index (κ1) is 14.6. The molecule has 1 amide bonds. The van der Waals surface area contributed by atoms with Gasteiger partial charge in [-0.25, -0.2) is 4.79 Å². The second-order valence-electron chi connectivity index (χ2n) is 4.79. The van der Waals surface area contributed by atoms with E-state index in [1.54, 1.807) is 18.2 Å². The summed E-state index contributed by atoms with van der Waals surface area (Å²) in [6.07, 6.45) is 1.82. The molecule has 1 heterocycles. The topological polar surface area (TPSA) is 59.3 Å². The van der Waals surface area contributed by atoms with Crippen LogP contribution in [0, 0.1) is 0 Å². The van der Waals surface area contributed by atoms with Gasteiger partial charge >= 0.3 is 5.63 Å². The van der Waals surface area contributed by atoms with Crippen LogP contribution in [0.2, 0.25) is 5.02 Å². The maximum Gasteiger partial charge on any atom is 0.349 e. The highest BCUT2D eigenvalue weighted by atomic mass is 35.5. The SMILES string of the molecule is CCC[C@H](C)NC(=O)c1cc2cc(Cl)ccc2oc1=O. The summed E-state index contributed by atoms with van der Waals surface area (Å²) in [6, 6.07) is 6.44. The summed E-state index contributed by atoms with van der Waals surface area (Å²) in [5.74, 6) is -0.415. The monoisotopic (exact) mass is 293 g/mol. The molecule has 0 aliphatic carbocycles. The Bertz CT molecular complexity index is 693. The van der Waals surface area contributed by atoms with Gasteiger partial charge < -0.3 is 9.73 Å². The van der Waals surface area contributed by atoms with Crippen molar-refractivity contribution in [1.82, 2.24) is 5.32 Å². The maximum absolute atomic E-state index is 12.1. The summed E-state index contributed by atoms with van der Waals surface area (Å²) in [7, 11) is 0. The minimum Gasteiger partial charge on any atom is -0.422 e. The van der Waals surface area contributed by atoms with E-state index in [-0.39, 0.29) is 11.6 Å². The van der Waals surface area contributed by atoms with E-state index in [2.05, 4.69) is 5.32 Å². The van der Waals surface area contributed by atoms with Crippen LogP contribution in [0.25, 0.3) is 11.0 Å². The molecule has 0 unspecified atom stereocenters. The molecule has 2 rings (SSSR count). The Morgan fingerprint density at radius 2 is 2.15 bits per heavy atom. The highest BCUT2D eigenvalue weighted by Crippen LogP contribution is 2.18. The van der Waals surface area contributed by atoms with E-state index in [4.69, 9.17) is 16.0 Å². The average molecular weight is 294 g/mol. The number of carbonyl (C=O) groups excluding carboxylic acids is 1. The van der Waals surface area contributed by atoms with Gasteiger partial charge in [0.1, 0.15) is 11.1 Å². The molecule has 0 aliphatic heterocycles. The van der Waals surface area contributed by atoms with Crippen molar-refractivity contribution >= 4 is 28.5 Å². The van der Waals surface area contributed by atoms with E-state index in [9.17, 15) is 9.59 Å². The minimum absolute atomic E-state index is 0.00252. The smallest absolute Gasteiger partial charge is 0.349 e. The number of nitrogens with one attached hydrogen (secondary N) is 1. The van der Waals surface area contributed by atoms with Crippen molar-refractivity contribution in [2.24, 2.45) is 0 Å². The van der Waals surface area contributed by atoms with E-state index in [0.29, 0.717) is 16.0 Å². The zero-order valence-corrected chi connectivity index (χ0v) is 12.2. The van der Waals surface area contributed by atoms with E-state index in [1.807, 2.05) is 13.8 Å². The zero-order valence-electron chi connectivity index (χ0n) is 11.4. The molecule has 0 bridgehead atoms. The summed E-state index contributed by atoms with van der Waals surface area (Å²) in [6.45, 7) is 3.94. The van der Waals surface area contributed by atoms with Gasteiger partial charge in [0.25, 0.3) is 5.91 Å². The first-order chi connectivity index (χ1) is 9.51. The molecule has 0 fully saturated rings. The van der Waals surface area contributed by atoms with E-state index < -0.39 is 11.5 Å². The van der Waals surface area contributed by atoms with Crippen molar-refractivity contribution in [2.45, 2.75) is 32.7 Å². The third kappa shape index (κ3) is 3.20. The Balaban J connectivity index is 2.36. The summed E-state index contributed by atoms with van der Waals surface area (Å²) in [4.78, 5) is 23.9. The molecule has 0 aliphatic rings. The van der Waals surface area contributed by atoms with Crippen molar-refractivity contribution in [3.63, 3.8) is 0 Å². The first-order valence-corrected chi connectivity index (χ1v) is 6.93. The molecule has 0 radical (unpaired) electrons. The van der Waals surface area contributed by atoms with Crippen LogP contribution < -0.4 is 10.9 Å². The highest BCUT2D eigenvalue weighted by molar-refractivity contribution is 6.31. The maximum atomic E-state index is 12.1. The molecule has 4 nitrogen and oxygen atoms in total. The quantitative estimate of drug-likeness (QED) is 0.879. The van der Waals surface area contributed by atoms with Crippen molar-refractivity contribution in [1.29, 1.82) is 0 Å². The summed E-state index contributed by atoms with van der Waals surface area (Å²) in [5, 5.41) is 3.94. The molecule has 106 valence electrons. The molecule has 5 heteroatoms. The number of carbonyl (C=O) groups is 1. The standard InChI is InChI=1S/C15H16ClNO3/c1-3-4-9(2)17-14(18)12-8-10-7-11(16)5-6-13(10)20-15(12)19/h5-9H,3-4H2,1-2H3,(H,17,18)/t9-/m0/s1. The van der Waals surface area contributed by atoms with Crippen molar-refractivity contribution < 1.29 is 9.21 Å². The highest BCUT2D eigenvalue weighted by Gasteiger charge is 2.15. The third-order valence-corrected chi connectivity index (χ3v) is 3.27. The molecule has 20 heavy (non-hydrogen) atoms. The van der Waals surface area contributed by atoms with Crippen LogP contribution in [-0.4, -0.2) is 11.9 Å². The molecule has 2 aromatic rings. The van der Waals surface area contributed by atoms with Gasteiger partial charge in [-0.1, -0.05) is 24.9 Å². The Morgan fingerprint density at radius 3 is 2.85 bits per heavy atom. The third-order valence-electron chi connectivity index (χ3n) is 3.04. The lowest BCUT2D eigenvalue weighted by molar-refractivity contribution is 0.0935. The van der Waals surface area contributed by atoms with Crippen molar-refractivity contribution in [3.8, 4) is 0 Å². The Hall–Kier alpha value is -1.81. The molecule has 1 aromatic carbocycles. The van der Waals surface area contributed by atoms with Crippen LogP contribution in [-0.2, 0) is 0 Å². The second kappa shape index (κ2) is 6.09. The second-order valence-corrected chi connectivity index (χ2v) is 5.23. The summed E-state index contributed by atoms with van der Waals surface area (Å²) < 4.78 is 5.14. The Labute approximate surface area is 121 Å². The lowest BCUT2D eigenvalue weighted by Crippen LogP contribution is -2.35. The van der Waals surface area contributed by atoms with Gasteiger partial charge in [0.2, 0.25) is 0 Å². The molecule has 0 saturated carbocycles. The molecular formula is C15H16ClNO3. The van der Waals surface area contributed by atoms with Gasteiger partial charge in [-0.2, -0.15) is 0 Å². The average Bonchev–Trinajstić information content (AvgIpc) is 2.38. The largest absolute Gasteiger partial charge is 0.422 e. The number of fused-ring (bicyclic) bond motifs is 1.